The van der Waals surface area contributed by atoms with E-state index in [9.17, 15) is 0 Å². The Balaban J connectivity index is 1.84. The van der Waals surface area contributed by atoms with Gasteiger partial charge in [-0.2, -0.15) is 0 Å². The van der Waals surface area contributed by atoms with E-state index in [2.05, 4.69) is 27.8 Å². The van der Waals surface area contributed by atoms with Crippen LogP contribution in [-0.2, 0) is 18.6 Å². The van der Waals surface area contributed by atoms with Gasteiger partial charge in [0.15, 0.2) is 0 Å². The third-order valence-electron chi connectivity index (χ3n) is 3.53. The maximum absolute atomic E-state index is 6.44. The Morgan fingerprint density at radius 3 is 3.00 bits per heavy atom. The van der Waals surface area contributed by atoms with E-state index in [-0.39, 0.29) is 0 Å². The van der Waals surface area contributed by atoms with Crippen molar-refractivity contribution in [2.45, 2.75) is 29.9 Å². The van der Waals surface area contributed by atoms with Crippen LogP contribution in [0.3, 0.4) is 0 Å². The van der Waals surface area contributed by atoms with E-state index in [1.54, 1.807) is 23.1 Å². The van der Waals surface area contributed by atoms with Gasteiger partial charge in [0.2, 0.25) is 0 Å². The smallest absolute Gasteiger partial charge is 0.150 e. The first kappa shape index (κ1) is 14.4. The number of nitrogens with zero attached hydrogens (tertiary/aromatic N) is 1. The monoisotopic (exact) mass is 324 g/mol. The van der Waals surface area contributed by atoms with E-state index in [0.717, 1.165) is 46.7 Å². The number of hydrogen-bond acceptors (Lipinski definition) is 4. The quantitative estimate of drug-likeness (QED) is 0.861. The first-order chi connectivity index (χ1) is 9.74. The van der Waals surface area contributed by atoms with Crippen molar-refractivity contribution in [2.24, 2.45) is 0 Å². The van der Waals surface area contributed by atoms with E-state index >= 15 is 0 Å². The normalized spacial score (nSPS) is 14.9. The zero-order chi connectivity index (χ0) is 13.9. The minimum atomic E-state index is 0.895. The summed E-state index contributed by atoms with van der Waals surface area (Å²) in [5.41, 5.74) is 5.29. The summed E-state index contributed by atoms with van der Waals surface area (Å²) < 4.78 is 1.13. The van der Waals surface area contributed by atoms with E-state index in [1.165, 1.54) is 16.7 Å². The molecule has 2 nitrogen and oxygen atoms in total. The van der Waals surface area contributed by atoms with Crippen LogP contribution in [-0.4, -0.2) is 18.1 Å². The SMILES string of the molecule is Cc1csc(SCc2c(Cl)ccc3c2CCNCC3)n1. The van der Waals surface area contributed by atoms with Gasteiger partial charge < -0.3 is 5.32 Å². The number of aryl methyl sites for hydroxylation is 1. The second kappa shape index (κ2) is 6.48. The van der Waals surface area contributed by atoms with E-state index in [0.29, 0.717) is 0 Å². The largest absolute Gasteiger partial charge is 0.316 e. The van der Waals surface area contributed by atoms with Crippen molar-refractivity contribution in [3.05, 3.63) is 44.9 Å². The molecule has 0 saturated heterocycles. The Hall–Kier alpha value is -0.550. The molecule has 0 unspecified atom stereocenters. The van der Waals surface area contributed by atoms with Gasteiger partial charge in [-0.1, -0.05) is 29.4 Å². The van der Waals surface area contributed by atoms with E-state index in [4.69, 9.17) is 11.6 Å². The number of thiazole rings is 1. The molecule has 1 N–H and O–H groups in total. The summed E-state index contributed by atoms with van der Waals surface area (Å²) in [4.78, 5) is 4.51. The number of fused-ring (bicyclic) bond motifs is 1. The summed E-state index contributed by atoms with van der Waals surface area (Å²) in [6.45, 7) is 4.14. The maximum Gasteiger partial charge on any atom is 0.150 e. The maximum atomic E-state index is 6.44. The molecule has 1 aliphatic heterocycles. The van der Waals surface area contributed by atoms with Gasteiger partial charge in [0, 0.05) is 21.8 Å². The molecule has 0 spiro atoms. The number of nitrogens with one attached hydrogen (secondary N) is 1. The van der Waals surface area contributed by atoms with Crippen LogP contribution in [0.1, 0.15) is 22.4 Å². The van der Waals surface area contributed by atoms with Crippen molar-refractivity contribution in [3.8, 4) is 0 Å². The molecule has 2 heterocycles. The molecular formula is C15H17ClN2S2. The van der Waals surface area contributed by atoms with Gasteiger partial charge in [0.25, 0.3) is 0 Å². The molecular weight excluding hydrogens is 308 g/mol. The summed E-state index contributed by atoms with van der Waals surface area (Å²) in [7, 11) is 0. The summed E-state index contributed by atoms with van der Waals surface area (Å²) >= 11 is 9.94. The van der Waals surface area contributed by atoms with E-state index in [1.807, 2.05) is 6.92 Å². The first-order valence-corrected chi connectivity index (χ1v) is 9.03. The second-order valence-electron chi connectivity index (χ2n) is 4.96. The van der Waals surface area contributed by atoms with Crippen LogP contribution in [0.5, 0.6) is 0 Å². The lowest BCUT2D eigenvalue weighted by Crippen LogP contribution is -2.16. The second-order valence-corrected chi connectivity index (χ2v) is 7.44. The van der Waals surface area contributed by atoms with E-state index < -0.39 is 0 Å². The lowest BCUT2D eigenvalue weighted by molar-refractivity contribution is 0.710. The zero-order valence-electron chi connectivity index (χ0n) is 11.4. The molecule has 106 valence electrons. The van der Waals surface area contributed by atoms with Gasteiger partial charge in [0.05, 0.1) is 0 Å². The standard InChI is InChI=1S/C15H17ClN2S2/c1-10-8-19-15(18-10)20-9-13-12-5-7-17-6-4-11(12)2-3-14(13)16/h2-3,8,17H,4-7,9H2,1H3. The van der Waals surface area contributed by atoms with Crippen molar-refractivity contribution < 1.29 is 0 Å². The third kappa shape index (κ3) is 3.19. The summed E-state index contributed by atoms with van der Waals surface area (Å²) in [6, 6.07) is 4.24. The Bertz CT molecular complexity index is 610. The average molecular weight is 325 g/mol. The predicted molar refractivity (Wildman–Crippen MR) is 88.1 cm³/mol. The molecule has 0 fully saturated rings. The van der Waals surface area contributed by atoms with Gasteiger partial charge >= 0.3 is 0 Å². The Morgan fingerprint density at radius 2 is 2.20 bits per heavy atom. The molecule has 0 atom stereocenters. The molecule has 1 aromatic heterocycles. The van der Waals surface area contributed by atoms with Crippen molar-refractivity contribution in [3.63, 3.8) is 0 Å². The molecule has 3 rings (SSSR count). The predicted octanol–water partition coefficient (Wildman–Crippen LogP) is 4.09. The van der Waals surface area contributed by atoms with Crippen molar-refractivity contribution in [1.29, 1.82) is 0 Å². The fourth-order valence-electron chi connectivity index (χ4n) is 2.51. The molecule has 2 aromatic rings. The molecule has 5 heteroatoms. The molecule has 1 aliphatic rings. The lowest BCUT2D eigenvalue weighted by atomic mass is 9.98. The molecule has 1 aromatic carbocycles. The highest BCUT2D eigenvalue weighted by Gasteiger charge is 2.15. The van der Waals surface area contributed by atoms with Crippen LogP contribution < -0.4 is 5.32 Å². The highest BCUT2D eigenvalue weighted by molar-refractivity contribution is 8.00. The van der Waals surface area contributed by atoms with Crippen LogP contribution in [0.2, 0.25) is 5.02 Å². The molecule has 0 saturated carbocycles. The number of hydrogen-bond donors (Lipinski definition) is 1. The van der Waals surface area contributed by atoms with Crippen LogP contribution >= 0.6 is 34.7 Å². The van der Waals surface area contributed by atoms with Gasteiger partial charge in [-0.15, -0.1) is 11.3 Å². The zero-order valence-corrected chi connectivity index (χ0v) is 13.8. The molecule has 0 bridgehead atoms. The van der Waals surface area contributed by atoms with Gasteiger partial charge in [-0.25, -0.2) is 4.98 Å². The molecule has 0 amide bonds. The van der Waals surface area contributed by atoms with Gasteiger partial charge in [-0.05, 0) is 55.6 Å². The van der Waals surface area contributed by atoms with Crippen molar-refractivity contribution in [1.82, 2.24) is 10.3 Å². The van der Waals surface area contributed by atoms with Crippen LogP contribution in [0.15, 0.2) is 21.9 Å². The molecule has 20 heavy (non-hydrogen) atoms. The van der Waals surface area contributed by atoms with Crippen LogP contribution in [0.25, 0.3) is 0 Å². The van der Waals surface area contributed by atoms with Gasteiger partial charge in [-0.3, -0.25) is 0 Å². The summed E-state index contributed by atoms with van der Waals surface area (Å²) in [5, 5.41) is 6.45. The van der Waals surface area contributed by atoms with Crippen LogP contribution in [0.4, 0.5) is 0 Å². The van der Waals surface area contributed by atoms with Crippen molar-refractivity contribution >= 4 is 34.7 Å². The number of thioether (sulfide) groups is 1. The average Bonchev–Trinajstić information content (AvgIpc) is 2.71. The topological polar surface area (TPSA) is 24.9 Å². The van der Waals surface area contributed by atoms with Crippen molar-refractivity contribution in [2.75, 3.05) is 13.1 Å². The Kier molecular flexibility index (Phi) is 4.66. The highest BCUT2D eigenvalue weighted by Crippen LogP contribution is 2.33. The molecule has 0 aliphatic carbocycles. The Labute approximate surface area is 133 Å². The number of benzene rings is 1. The highest BCUT2D eigenvalue weighted by atomic mass is 35.5. The minimum Gasteiger partial charge on any atom is -0.316 e. The van der Waals surface area contributed by atoms with Crippen LogP contribution in [0, 0.1) is 6.92 Å². The third-order valence-corrected chi connectivity index (χ3v) is 6.05. The number of aromatic nitrogens is 1. The van der Waals surface area contributed by atoms with Gasteiger partial charge in [0.1, 0.15) is 4.34 Å². The number of halogens is 1. The molecule has 0 radical (unpaired) electrons. The fourth-order valence-corrected chi connectivity index (χ4v) is 4.75. The summed E-state index contributed by atoms with van der Waals surface area (Å²) in [6.07, 6.45) is 2.17. The minimum absolute atomic E-state index is 0.895. The lowest BCUT2D eigenvalue weighted by Gasteiger charge is -2.13. The first-order valence-electron chi connectivity index (χ1n) is 6.79. The Morgan fingerprint density at radius 1 is 1.35 bits per heavy atom. The summed E-state index contributed by atoms with van der Waals surface area (Å²) in [5.74, 6) is 0.912. The fraction of sp³-hybridized carbons (Fsp3) is 0.400. The number of rotatable bonds is 3.